The lowest BCUT2D eigenvalue weighted by Gasteiger charge is -2.32. The molecular formula is C13H25Cl3NO4P. The summed E-state index contributed by atoms with van der Waals surface area (Å²) in [5.41, 5.74) is 0. The van der Waals surface area contributed by atoms with Crippen LogP contribution in [0.15, 0.2) is 0 Å². The first-order valence-electron chi connectivity index (χ1n) is 7.68. The van der Waals surface area contributed by atoms with Crippen molar-refractivity contribution in [3.05, 3.63) is 0 Å². The van der Waals surface area contributed by atoms with Crippen molar-refractivity contribution in [3.8, 4) is 0 Å². The van der Waals surface area contributed by atoms with E-state index in [-0.39, 0.29) is 0 Å². The average molecular weight is 397 g/mol. The molecule has 0 aliphatic carbocycles. The number of unbranched alkanes of at least 4 members (excludes halogenated alkanes) is 2. The zero-order valence-electron chi connectivity index (χ0n) is 13.1. The molecule has 0 aromatic heterocycles. The second kappa shape index (κ2) is 11.6. The standard InChI is InChI=1S/C13H25Cl3NO4P/c1-3-5-10-19-22(20-11-6-4-2)21-12(13(14,15)16)17-8-7-9-18-17/h12H,3-11H2,1-2H3. The Balaban J connectivity index is 2.59. The van der Waals surface area contributed by atoms with Gasteiger partial charge in [0.15, 0.2) is 6.23 Å². The lowest BCUT2D eigenvalue weighted by atomic mass is 10.4. The maximum absolute atomic E-state index is 6.03. The summed E-state index contributed by atoms with van der Waals surface area (Å²) in [6.07, 6.45) is 3.93. The van der Waals surface area contributed by atoms with Crippen LogP contribution in [-0.2, 0) is 18.4 Å². The lowest BCUT2D eigenvalue weighted by molar-refractivity contribution is -0.194. The fraction of sp³-hybridized carbons (Fsp3) is 1.00. The van der Waals surface area contributed by atoms with E-state index in [0.717, 1.165) is 32.1 Å². The Hall–Kier alpha value is 1.10. The summed E-state index contributed by atoms with van der Waals surface area (Å²) in [6, 6.07) is 0. The fourth-order valence-corrected chi connectivity index (χ4v) is 3.50. The van der Waals surface area contributed by atoms with Gasteiger partial charge in [0.25, 0.3) is 0 Å². The van der Waals surface area contributed by atoms with Crippen LogP contribution in [0.2, 0.25) is 0 Å². The van der Waals surface area contributed by atoms with Gasteiger partial charge >= 0.3 is 8.60 Å². The quantitative estimate of drug-likeness (QED) is 0.273. The first kappa shape index (κ1) is 21.1. The van der Waals surface area contributed by atoms with Gasteiger partial charge in [-0.3, -0.25) is 9.36 Å². The molecule has 1 aliphatic heterocycles. The summed E-state index contributed by atoms with van der Waals surface area (Å²) in [4.78, 5) is 5.45. The minimum absolute atomic E-state index is 0.557. The van der Waals surface area contributed by atoms with E-state index in [2.05, 4.69) is 13.8 Å². The molecule has 5 nitrogen and oxygen atoms in total. The monoisotopic (exact) mass is 395 g/mol. The molecule has 0 N–H and O–H groups in total. The van der Waals surface area contributed by atoms with Crippen LogP contribution in [0.5, 0.6) is 0 Å². The molecular weight excluding hydrogens is 371 g/mol. The van der Waals surface area contributed by atoms with Crippen molar-refractivity contribution in [3.63, 3.8) is 0 Å². The van der Waals surface area contributed by atoms with Crippen LogP contribution >= 0.6 is 43.4 Å². The molecule has 0 bridgehead atoms. The van der Waals surface area contributed by atoms with E-state index in [9.17, 15) is 0 Å². The third-order valence-electron chi connectivity index (χ3n) is 2.90. The molecule has 9 heteroatoms. The molecule has 0 aromatic carbocycles. The van der Waals surface area contributed by atoms with E-state index < -0.39 is 18.6 Å². The molecule has 0 aromatic rings. The van der Waals surface area contributed by atoms with Gasteiger partial charge in [-0.05, 0) is 19.3 Å². The predicted molar refractivity (Wildman–Crippen MR) is 91.1 cm³/mol. The van der Waals surface area contributed by atoms with Crippen LogP contribution in [0, 0.1) is 0 Å². The lowest BCUT2D eigenvalue weighted by Crippen LogP contribution is -2.43. The van der Waals surface area contributed by atoms with Gasteiger partial charge in [0.05, 0.1) is 19.8 Å². The third-order valence-corrected chi connectivity index (χ3v) is 4.62. The predicted octanol–water partition coefficient (Wildman–Crippen LogP) is 5.20. The van der Waals surface area contributed by atoms with E-state index >= 15 is 0 Å². The van der Waals surface area contributed by atoms with Gasteiger partial charge in [0.1, 0.15) is 0 Å². The van der Waals surface area contributed by atoms with Crippen LogP contribution in [0.4, 0.5) is 0 Å². The Morgan fingerprint density at radius 1 is 1.14 bits per heavy atom. The molecule has 22 heavy (non-hydrogen) atoms. The molecule has 132 valence electrons. The van der Waals surface area contributed by atoms with E-state index in [1.807, 2.05) is 0 Å². The number of alkyl halides is 3. The largest absolute Gasteiger partial charge is 0.334 e. The van der Waals surface area contributed by atoms with Crippen LogP contribution in [0.1, 0.15) is 46.0 Å². The summed E-state index contributed by atoms with van der Waals surface area (Å²) in [5.74, 6) is 0. The number of hydroxylamine groups is 2. The Morgan fingerprint density at radius 3 is 2.14 bits per heavy atom. The highest BCUT2D eigenvalue weighted by Crippen LogP contribution is 2.47. The van der Waals surface area contributed by atoms with Gasteiger partial charge in [-0.2, -0.15) is 5.06 Å². The summed E-state index contributed by atoms with van der Waals surface area (Å²) < 4.78 is 15.5. The van der Waals surface area contributed by atoms with Gasteiger partial charge in [-0.15, -0.1) is 0 Å². The van der Waals surface area contributed by atoms with Crippen molar-refractivity contribution in [2.45, 2.75) is 56.0 Å². The van der Waals surface area contributed by atoms with Crippen LogP contribution < -0.4 is 0 Å². The first-order chi connectivity index (χ1) is 10.5. The molecule has 0 amide bonds. The Kier molecular flexibility index (Phi) is 11.2. The molecule has 1 rings (SSSR count). The van der Waals surface area contributed by atoms with Crippen molar-refractivity contribution >= 4 is 43.4 Å². The maximum atomic E-state index is 6.03. The number of hydrogen-bond donors (Lipinski definition) is 0. The van der Waals surface area contributed by atoms with Gasteiger partial charge < -0.3 is 9.05 Å². The van der Waals surface area contributed by atoms with Gasteiger partial charge in [-0.25, -0.2) is 0 Å². The number of nitrogens with zero attached hydrogens (tertiary/aromatic N) is 1. The summed E-state index contributed by atoms with van der Waals surface area (Å²) in [5, 5.41) is 1.55. The Morgan fingerprint density at radius 2 is 1.73 bits per heavy atom. The van der Waals surface area contributed by atoms with E-state index in [1.165, 1.54) is 0 Å². The van der Waals surface area contributed by atoms with E-state index in [0.29, 0.717) is 26.4 Å². The van der Waals surface area contributed by atoms with E-state index in [1.54, 1.807) is 5.06 Å². The highest BCUT2D eigenvalue weighted by molar-refractivity contribution is 7.41. The van der Waals surface area contributed by atoms with E-state index in [4.69, 9.17) is 53.2 Å². The summed E-state index contributed by atoms with van der Waals surface area (Å²) in [7, 11) is -1.58. The second-order valence-corrected chi connectivity index (χ2v) is 8.47. The Labute approximate surface area is 149 Å². The molecule has 0 saturated carbocycles. The molecule has 1 heterocycles. The zero-order valence-corrected chi connectivity index (χ0v) is 16.3. The maximum Gasteiger partial charge on any atom is 0.334 e. The van der Waals surface area contributed by atoms with Crippen LogP contribution in [0.3, 0.4) is 0 Å². The first-order valence-corrected chi connectivity index (χ1v) is 9.91. The molecule has 1 atom stereocenters. The molecule has 1 unspecified atom stereocenters. The summed E-state index contributed by atoms with van der Waals surface area (Å²) in [6.45, 7) is 6.53. The van der Waals surface area contributed by atoms with Crippen LogP contribution in [-0.4, -0.2) is 41.4 Å². The fourth-order valence-electron chi connectivity index (χ4n) is 1.67. The smallest absolute Gasteiger partial charge is 0.312 e. The topological polar surface area (TPSA) is 40.2 Å². The molecule has 0 radical (unpaired) electrons. The molecule has 0 spiro atoms. The normalized spacial score (nSPS) is 18.3. The van der Waals surface area contributed by atoms with Gasteiger partial charge in [0, 0.05) is 6.54 Å². The summed E-state index contributed by atoms with van der Waals surface area (Å²) >= 11 is 18.1. The van der Waals surface area contributed by atoms with Crippen molar-refractivity contribution in [2.75, 3.05) is 26.4 Å². The molecule has 1 aliphatic rings. The molecule has 1 saturated heterocycles. The Bertz CT molecular complexity index is 281. The van der Waals surface area contributed by atoms with Crippen molar-refractivity contribution < 1.29 is 18.4 Å². The zero-order chi connectivity index (χ0) is 16.4. The van der Waals surface area contributed by atoms with Crippen molar-refractivity contribution in [1.29, 1.82) is 0 Å². The highest BCUT2D eigenvalue weighted by atomic mass is 35.6. The minimum atomic E-state index is -1.65. The van der Waals surface area contributed by atoms with Crippen molar-refractivity contribution in [1.82, 2.24) is 5.06 Å². The average Bonchev–Trinajstić information content (AvgIpc) is 2.96. The van der Waals surface area contributed by atoms with Gasteiger partial charge in [0.2, 0.25) is 3.79 Å². The molecule has 1 fully saturated rings. The minimum Gasteiger partial charge on any atom is -0.312 e. The van der Waals surface area contributed by atoms with Crippen LogP contribution in [0.25, 0.3) is 0 Å². The van der Waals surface area contributed by atoms with Gasteiger partial charge in [-0.1, -0.05) is 61.5 Å². The van der Waals surface area contributed by atoms with Crippen molar-refractivity contribution in [2.24, 2.45) is 0 Å². The third kappa shape index (κ3) is 8.27. The second-order valence-electron chi connectivity index (χ2n) is 4.92. The number of rotatable bonds is 11. The highest BCUT2D eigenvalue weighted by Gasteiger charge is 2.43. The SMILES string of the molecule is CCCCOP(OCCCC)OC(N1CCCO1)C(Cl)(Cl)Cl. The number of halogens is 3. The number of hydrogen-bond acceptors (Lipinski definition) is 5.